The normalized spacial score (nSPS) is 11.3. The predicted molar refractivity (Wildman–Crippen MR) is 142 cm³/mol. The Morgan fingerprint density at radius 2 is 0.818 bits per heavy atom. The first-order chi connectivity index (χ1) is 14.8. The van der Waals surface area contributed by atoms with Crippen LogP contribution in [0.3, 0.4) is 0 Å². The van der Waals surface area contributed by atoms with Crippen LogP contribution in [-0.2, 0) is 31.3 Å². The minimum atomic E-state index is -1.58. The van der Waals surface area contributed by atoms with Gasteiger partial charge < -0.3 is 0 Å². The summed E-state index contributed by atoms with van der Waals surface area (Å²) in [5.74, 6) is 0. The Kier molecular flexibility index (Phi) is 22.1. The van der Waals surface area contributed by atoms with E-state index in [2.05, 4.69) is 127 Å². The molecule has 1 heterocycles. The molecule has 1 aromatic heterocycles. The zero-order valence-electron chi connectivity index (χ0n) is 23.1. The molecule has 0 N–H and O–H groups in total. The van der Waals surface area contributed by atoms with Gasteiger partial charge in [0.05, 0.1) is 8.07 Å². The molecule has 33 heavy (non-hydrogen) atoms. The van der Waals surface area contributed by atoms with Crippen LogP contribution in [0.25, 0.3) is 0 Å². The summed E-state index contributed by atoms with van der Waals surface area (Å²) in [6.07, 6.45) is 0. The molecule has 0 saturated heterocycles. The summed E-state index contributed by atoms with van der Waals surface area (Å²) in [5, 5.41) is 1.80. The molecule has 0 atom stereocenters. The Morgan fingerprint density at radius 1 is 0.576 bits per heavy atom. The van der Waals surface area contributed by atoms with Gasteiger partial charge in [0.2, 0.25) is 0 Å². The predicted octanol–water partition coefficient (Wildman–Crippen LogP) is 7.71. The van der Waals surface area contributed by atoms with Crippen LogP contribution in [0.1, 0.15) is 88.0 Å². The molecule has 0 radical (unpaired) electrons. The van der Waals surface area contributed by atoms with E-state index in [0.717, 1.165) is 33.2 Å². The van der Waals surface area contributed by atoms with Crippen LogP contribution in [0.4, 0.5) is 0 Å². The molecule has 3 nitrogen and oxygen atoms in total. The molecule has 0 aromatic carbocycles. The van der Waals surface area contributed by atoms with E-state index in [1.807, 2.05) is 0 Å². The van der Waals surface area contributed by atoms with Crippen LogP contribution >= 0.6 is 11.3 Å². The standard InChI is InChI=1S/C23H46SSi2.3CO.Cr/c1-15(2)25(16(3)4,17(5)6)22-14-23(24-21(22)13)26(18(7)8,19(9)10)20(11)12;3*1-2;/h14-20H,1-13H3;;;;. The van der Waals surface area contributed by atoms with Crippen molar-refractivity contribution in [3.05, 3.63) is 30.9 Å². The molecule has 0 bridgehead atoms. The summed E-state index contributed by atoms with van der Waals surface area (Å²) >= 11 is 2.18. The van der Waals surface area contributed by atoms with Crippen LogP contribution in [0.2, 0.25) is 33.2 Å². The Hall–Kier alpha value is -0.114. The van der Waals surface area contributed by atoms with Crippen molar-refractivity contribution in [2.24, 2.45) is 0 Å². The van der Waals surface area contributed by atoms with E-state index in [9.17, 15) is 0 Å². The topological polar surface area (TPSA) is 59.7 Å². The monoisotopic (exact) mass is 546 g/mol. The van der Waals surface area contributed by atoms with E-state index in [-0.39, 0.29) is 17.4 Å². The third kappa shape index (κ3) is 7.94. The van der Waals surface area contributed by atoms with Gasteiger partial charge in [-0.05, 0) is 49.9 Å². The summed E-state index contributed by atoms with van der Waals surface area (Å²) in [7, 11) is -3.13. The largest absolute Gasteiger partial charge is 0 e. The van der Waals surface area contributed by atoms with Gasteiger partial charge in [0, 0.05) is 22.2 Å². The van der Waals surface area contributed by atoms with Crippen molar-refractivity contribution in [3.8, 4) is 0 Å². The third-order valence-electron chi connectivity index (χ3n) is 7.54. The zero-order chi connectivity index (χ0) is 26.6. The molecule has 7 heteroatoms. The van der Waals surface area contributed by atoms with Gasteiger partial charge in [0.15, 0.2) is 0 Å². The summed E-state index contributed by atoms with van der Waals surface area (Å²) in [6, 6.07) is 2.76. The molecule has 1 rings (SSSR count). The van der Waals surface area contributed by atoms with Gasteiger partial charge in [-0.3, -0.25) is 0 Å². The fraction of sp³-hybridized carbons (Fsp3) is 0.731. The Labute approximate surface area is 221 Å². The molecule has 0 aliphatic rings. The average molecular weight is 547 g/mol. The molecule has 1 aromatic rings. The smallest absolute Gasteiger partial charge is 0 e. The summed E-state index contributed by atoms with van der Waals surface area (Å²) in [4.78, 5) is 1.64. The van der Waals surface area contributed by atoms with E-state index >= 15 is 0 Å². The Bertz CT molecular complexity index is 659. The van der Waals surface area contributed by atoms with Crippen LogP contribution in [0, 0.1) is 26.9 Å². The first-order valence-corrected chi connectivity index (χ1v) is 16.8. The van der Waals surface area contributed by atoms with Crippen molar-refractivity contribution >= 4 is 37.2 Å². The molecule has 0 aliphatic carbocycles. The second-order valence-electron chi connectivity index (χ2n) is 10.4. The van der Waals surface area contributed by atoms with E-state index in [0.29, 0.717) is 0 Å². The number of thiophene rings is 1. The number of aryl methyl sites for hydroxylation is 1. The van der Waals surface area contributed by atoms with Crippen molar-refractivity contribution in [1.82, 2.24) is 0 Å². The molecule has 0 unspecified atom stereocenters. The third-order valence-corrected chi connectivity index (χ3v) is 23.9. The Balaban J connectivity index is -0.000000553. The summed E-state index contributed by atoms with van der Waals surface area (Å²) in [6.45, 7) is 45.9. The molecule has 0 spiro atoms. The van der Waals surface area contributed by atoms with Gasteiger partial charge >= 0.3 is 33.9 Å². The van der Waals surface area contributed by atoms with Crippen molar-refractivity contribution < 1.29 is 31.3 Å². The van der Waals surface area contributed by atoms with Crippen molar-refractivity contribution in [2.45, 2.75) is 123 Å². The van der Waals surface area contributed by atoms with Gasteiger partial charge in [-0.1, -0.05) is 89.2 Å². The number of rotatable bonds is 8. The first-order valence-electron chi connectivity index (χ1n) is 11.5. The minimum Gasteiger partial charge on any atom is 0 e. The van der Waals surface area contributed by atoms with Crippen molar-refractivity contribution in [2.75, 3.05) is 0 Å². The van der Waals surface area contributed by atoms with Crippen LogP contribution in [0.5, 0.6) is 0 Å². The summed E-state index contributed by atoms with van der Waals surface area (Å²) < 4.78 is 24.3. The van der Waals surface area contributed by atoms with E-state index in [1.165, 1.54) is 0 Å². The zero-order valence-corrected chi connectivity index (χ0v) is 27.2. The second-order valence-corrected chi connectivity index (χ2v) is 23.7. The maximum absolute atomic E-state index is 7.50. The van der Waals surface area contributed by atoms with Crippen LogP contribution in [0.15, 0.2) is 6.07 Å². The van der Waals surface area contributed by atoms with E-state index < -0.39 is 16.1 Å². The second kappa shape index (κ2) is 18.2. The van der Waals surface area contributed by atoms with Crippen LogP contribution < -0.4 is 9.69 Å². The molecule has 0 fully saturated rings. The van der Waals surface area contributed by atoms with E-state index in [4.69, 9.17) is 14.0 Å². The maximum Gasteiger partial charge on any atom is 0 e. The fourth-order valence-corrected chi connectivity index (χ4v) is 24.8. The van der Waals surface area contributed by atoms with Gasteiger partial charge in [-0.15, -0.1) is 0 Å². The average Bonchev–Trinajstić information content (AvgIpc) is 3.07. The summed E-state index contributed by atoms with van der Waals surface area (Å²) in [5.41, 5.74) is 4.75. The quantitative estimate of drug-likeness (QED) is 0.182. The van der Waals surface area contributed by atoms with Crippen LogP contribution in [-0.4, -0.2) is 16.1 Å². The molecular formula is C26H46CrO3SSi2. The molecule has 0 amide bonds. The number of hydrogen-bond acceptors (Lipinski definition) is 1. The van der Waals surface area contributed by atoms with Gasteiger partial charge in [-0.2, -0.15) is 11.3 Å². The molecule has 0 aliphatic heterocycles. The minimum absolute atomic E-state index is 0. The molecular weight excluding hydrogens is 501 g/mol. The van der Waals surface area contributed by atoms with Gasteiger partial charge in [0.25, 0.3) is 0 Å². The first kappa shape index (κ1) is 40.1. The molecule has 0 saturated carbocycles. The molecule has 188 valence electrons. The van der Waals surface area contributed by atoms with Gasteiger partial charge in [0.1, 0.15) is 8.07 Å². The van der Waals surface area contributed by atoms with Crippen molar-refractivity contribution in [1.29, 1.82) is 0 Å². The fourth-order valence-electron chi connectivity index (χ4n) is 6.91. The van der Waals surface area contributed by atoms with Crippen molar-refractivity contribution in [3.63, 3.8) is 0 Å². The van der Waals surface area contributed by atoms with Gasteiger partial charge in [-0.25, -0.2) is 0 Å². The maximum atomic E-state index is 7.50. The number of hydrogen-bond donors (Lipinski definition) is 0. The Morgan fingerprint density at radius 3 is 1.03 bits per heavy atom. The SMILES string of the molecule is Cc1sc([Si](C(C)C)(C(C)C)C(C)C)cc1[Si](C(C)C)(C(C)C)C(C)C.[C-]#[O+].[C-]#[O+].[C-]#[O+].[Cr]. The van der Waals surface area contributed by atoms with E-state index in [1.54, 1.807) is 14.6 Å².